The van der Waals surface area contributed by atoms with E-state index in [2.05, 4.69) is 25.8 Å². The molecule has 2 aliphatic rings. The zero-order chi connectivity index (χ0) is 13.0. The van der Waals surface area contributed by atoms with Crippen molar-refractivity contribution in [1.82, 2.24) is 4.98 Å². The van der Waals surface area contributed by atoms with Gasteiger partial charge in [-0.15, -0.1) is 0 Å². The minimum Gasteiger partial charge on any atom is -0.474 e. The predicted molar refractivity (Wildman–Crippen MR) is 72.3 cm³/mol. The molecule has 2 bridgehead atoms. The maximum Gasteiger partial charge on any atom is 0.215 e. The normalized spacial score (nSPS) is 36.8. The van der Waals surface area contributed by atoms with E-state index in [1.165, 1.54) is 12.8 Å². The lowest BCUT2D eigenvalue weighted by Gasteiger charge is -2.38. The molecule has 1 heterocycles. The third-order valence-electron chi connectivity index (χ3n) is 5.74. The molecular weight excluding hydrogens is 224 g/mol. The van der Waals surface area contributed by atoms with Gasteiger partial charge in [0.05, 0.1) is 0 Å². The Morgan fingerprint density at radius 1 is 1.39 bits per heavy atom. The first kappa shape index (κ1) is 11.8. The van der Waals surface area contributed by atoms with Gasteiger partial charge < -0.3 is 10.5 Å². The highest BCUT2D eigenvalue weighted by molar-refractivity contribution is 5.39. The lowest BCUT2D eigenvalue weighted by molar-refractivity contribution is 0.0273. The monoisotopic (exact) mass is 246 g/mol. The Labute approximate surface area is 109 Å². The molecule has 1 aromatic heterocycles. The quantitative estimate of drug-likeness (QED) is 0.871. The molecule has 0 amide bonds. The molecule has 3 unspecified atom stereocenters. The topological polar surface area (TPSA) is 48.1 Å². The van der Waals surface area contributed by atoms with Crippen LogP contribution in [0.5, 0.6) is 5.88 Å². The molecule has 0 radical (unpaired) electrons. The maximum absolute atomic E-state index is 6.14. The van der Waals surface area contributed by atoms with Crippen LogP contribution in [0.1, 0.15) is 40.0 Å². The van der Waals surface area contributed by atoms with Crippen LogP contribution in [0.2, 0.25) is 0 Å². The molecule has 2 N–H and O–H groups in total. The number of hydrogen-bond acceptors (Lipinski definition) is 3. The third-order valence-corrected chi connectivity index (χ3v) is 5.74. The molecule has 1 aromatic rings. The van der Waals surface area contributed by atoms with E-state index in [-0.39, 0.29) is 11.5 Å². The second-order valence-corrected chi connectivity index (χ2v) is 6.64. The van der Waals surface area contributed by atoms with Gasteiger partial charge in [0.2, 0.25) is 5.88 Å². The fourth-order valence-electron chi connectivity index (χ4n) is 3.94. The van der Waals surface area contributed by atoms with Crippen LogP contribution in [0, 0.1) is 16.7 Å². The van der Waals surface area contributed by atoms with E-state index in [1.807, 2.05) is 6.07 Å². The zero-order valence-electron chi connectivity index (χ0n) is 11.4. The highest BCUT2D eigenvalue weighted by Crippen LogP contribution is 2.66. The van der Waals surface area contributed by atoms with Gasteiger partial charge in [-0.2, -0.15) is 0 Å². The molecule has 98 valence electrons. The van der Waals surface area contributed by atoms with Crippen molar-refractivity contribution < 1.29 is 4.74 Å². The Kier molecular flexibility index (Phi) is 2.38. The second-order valence-electron chi connectivity index (χ2n) is 6.64. The van der Waals surface area contributed by atoms with Crippen molar-refractivity contribution >= 4 is 5.69 Å². The lowest BCUT2D eigenvalue weighted by atomic mass is 9.70. The number of aromatic nitrogens is 1. The van der Waals surface area contributed by atoms with Crippen LogP contribution in [0.15, 0.2) is 18.3 Å². The van der Waals surface area contributed by atoms with Crippen molar-refractivity contribution in [2.45, 2.75) is 46.1 Å². The van der Waals surface area contributed by atoms with E-state index in [0.717, 1.165) is 12.3 Å². The number of fused-ring (bicyclic) bond motifs is 2. The predicted octanol–water partition coefficient (Wildman–Crippen LogP) is 3.26. The summed E-state index contributed by atoms with van der Waals surface area (Å²) in [5.74, 6) is 1.46. The molecule has 3 rings (SSSR count). The zero-order valence-corrected chi connectivity index (χ0v) is 11.4. The molecule has 3 nitrogen and oxygen atoms in total. The summed E-state index contributed by atoms with van der Waals surface area (Å²) in [7, 11) is 0. The molecule has 2 fully saturated rings. The third kappa shape index (κ3) is 1.46. The fourth-order valence-corrected chi connectivity index (χ4v) is 3.94. The largest absolute Gasteiger partial charge is 0.474 e. The maximum atomic E-state index is 6.14. The molecule has 18 heavy (non-hydrogen) atoms. The Morgan fingerprint density at radius 2 is 2.17 bits per heavy atom. The standard InChI is InChI=1S/C15H22N2O/c1-14(2)10-4-6-15(14,3)12(8-10)18-13-9-11(16)5-7-17-13/h5,7,9-10,12H,4,6,8H2,1-3H3,(H2,16,17). The molecule has 2 aliphatic carbocycles. The van der Waals surface area contributed by atoms with Crippen LogP contribution >= 0.6 is 0 Å². The summed E-state index contributed by atoms with van der Waals surface area (Å²) in [5, 5.41) is 0. The van der Waals surface area contributed by atoms with Crippen LogP contribution < -0.4 is 10.5 Å². The summed E-state index contributed by atoms with van der Waals surface area (Å²) in [6, 6.07) is 3.61. The summed E-state index contributed by atoms with van der Waals surface area (Å²) < 4.78 is 6.14. The van der Waals surface area contributed by atoms with Crippen molar-refractivity contribution in [1.29, 1.82) is 0 Å². The number of ether oxygens (including phenoxy) is 1. The van der Waals surface area contributed by atoms with Crippen molar-refractivity contribution in [2.24, 2.45) is 16.7 Å². The van der Waals surface area contributed by atoms with Gasteiger partial charge in [0.15, 0.2) is 0 Å². The van der Waals surface area contributed by atoms with E-state index < -0.39 is 0 Å². The van der Waals surface area contributed by atoms with Gasteiger partial charge in [0.25, 0.3) is 0 Å². The van der Waals surface area contributed by atoms with Crippen molar-refractivity contribution in [3.63, 3.8) is 0 Å². The van der Waals surface area contributed by atoms with E-state index in [4.69, 9.17) is 10.5 Å². The van der Waals surface area contributed by atoms with Gasteiger partial charge in [0, 0.05) is 23.4 Å². The summed E-state index contributed by atoms with van der Waals surface area (Å²) in [6.45, 7) is 7.15. The van der Waals surface area contributed by atoms with Gasteiger partial charge in [-0.25, -0.2) is 4.98 Å². The first-order valence-corrected chi connectivity index (χ1v) is 6.82. The molecule has 0 aromatic carbocycles. The Bertz CT molecular complexity index is 471. The van der Waals surface area contributed by atoms with Gasteiger partial charge in [0.1, 0.15) is 6.10 Å². The van der Waals surface area contributed by atoms with Gasteiger partial charge in [-0.3, -0.25) is 0 Å². The lowest BCUT2D eigenvalue weighted by Crippen LogP contribution is -2.39. The van der Waals surface area contributed by atoms with Crippen molar-refractivity contribution in [3.05, 3.63) is 18.3 Å². The van der Waals surface area contributed by atoms with E-state index in [0.29, 0.717) is 17.0 Å². The van der Waals surface area contributed by atoms with Gasteiger partial charge >= 0.3 is 0 Å². The highest BCUT2D eigenvalue weighted by Gasteiger charge is 2.62. The number of nitrogens with two attached hydrogens (primary N) is 1. The molecule has 0 spiro atoms. The second kappa shape index (κ2) is 3.62. The minimum atomic E-state index is 0.268. The van der Waals surface area contributed by atoms with Gasteiger partial charge in [-0.1, -0.05) is 20.8 Å². The Hall–Kier alpha value is -1.25. The van der Waals surface area contributed by atoms with Crippen LogP contribution in [0.25, 0.3) is 0 Å². The summed E-state index contributed by atoms with van der Waals surface area (Å²) in [6.07, 6.45) is 5.75. The SMILES string of the molecule is CC1(C)C2CCC1(C)C(Oc1cc(N)ccn1)C2. The van der Waals surface area contributed by atoms with Crippen LogP contribution in [-0.2, 0) is 0 Å². The smallest absolute Gasteiger partial charge is 0.215 e. The number of pyridine rings is 1. The molecular formula is C15H22N2O. The first-order chi connectivity index (χ1) is 8.43. The van der Waals surface area contributed by atoms with Gasteiger partial charge in [-0.05, 0) is 36.7 Å². The summed E-state index contributed by atoms with van der Waals surface area (Å²) in [4.78, 5) is 4.26. The number of nitrogens with zero attached hydrogens (tertiary/aromatic N) is 1. The summed E-state index contributed by atoms with van der Waals surface area (Å²) in [5.41, 5.74) is 7.13. The number of nitrogen functional groups attached to an aromatic ring is 1. The molecule has 0 saturated heterocycles. The van der Waals surface area contributed by atoms with E-state index in [9.17, 15) is 0 Å². The number of hydrogen-bond donors (Lipinski definition) is 1. The molecule has 3 atom stereocenters. The van der Waals surface area contributed by atoms with Crippen LogP contribution in [0.3, 0.4) is 0 Å². The minimum absolute atomic E-state index is 0.268. The van der Waals surface area contributed by atoms with E-state index >= 15 is 0 Å². The van der Waals surface area contributed by atoms with Crippen molar-refractivity contribution in [3.8, 4) is 5.88 Å². The number of rotatable bonds is 2. The first-order valence-electron chi connectivity index (χ1n) is 6.82. The Morgan fingerprint density at radius 3 is 2.72 bits per heavy atom. The molecule has 3 heteroatoms. The van der Waals surface area contributed by atoms with Crippen LogP contribution in [-0.4, -0.2) is 11.1 Å². The number of anilines is 1. The highest BCUT2D eigenvalue weighted by atomic mass is 16.5. The molecule has 2 saturated carbocycles. The van der Waals surface area contributed by atoms with Crippen molar-refractivity contribution in [2.75, 3.05) is 5.73 Å². The fraction of sp³-hybridized carbons (Fsp3) is 0.667. The van der Waals surface area contributed by atoms with E-state index in [1.54, 1.807) is 12.3 Å². The molecule has 0 aliphatic heterocycles. The average Bonchev–Trinajstić information content (AvgIpc) is 2.62. The summed E-state index contributed by atoms with van der Waals surface area (Å²) >= 11 is 0. The average molecular weight is 246 g/mol. The Balaban J connectivity index is 1.84. The van der Waals surface area contributed by atoms with Crippen LogP contribution in [0.4, 0.5) is 5.69 Å².